The summed E-state index contributed by atoms with van der Waals surface area (Å²) in [6.07, 6.45) is 7.89. The SMILES string of the molecule is Cc1ccc(C2Nc3ccc(S(=O)(=O)N4CCCCC4)cc3C3CCCCC32)cc1. The number of nitrogens with one attached hydrogen (secondary N) is 1. The molecule has 1 aliphatic carbocycles. The molecule has 0 amide bonds. The lowest BCUT2D eigenvalue weighted by Gasteiger charge is -2.44. The maximum atomic E-state index is 13.3. The molecule has 2 heterocycles. The van der Waals surface area contributed by atoms with E-state index in [9.17, 15) is 8.42 Å². The molecule has 0 aromatic heterocycles. The minimum absolute atomic E-state index is 0.299. The van der Waals surface area contributed by atoms with E-state index < -0.39 is 10.0 Å². The second-order valence-corrected chi connectivity index (χ2v) is 11.2. The van der Waals surface area contributed by atoms with Crippen LogP contribution in [0.4, 0.5) is 5.69 Å². The molecule has 0 radical (unpaired) electrons. The molecule has 3 atom stereocenters. The summed E-state index contributed by atoms with van der Waals surface area (Å²) in [5, 5.41) is 3.78. The first-order chi connectivity index (χ1) is 14.5. The summed E-state index contributed by atoms with van der Waals surface area (Å²) in [4.78, 5) is 0.475. The van der Waals surface area contributed by atoms with Gasteiger partial charge in [-0.3, -0.25) is 0 Å². The summed E-state index contributed by atoms with van der Waals surface area (Å²) in [7, 11) is -3.40. The van der Waals surface area contributed by atoms with Crippen LogP contribution in [0.2, 0.25) is 0 Å². The Kier molecular flexibility index (Phi) is 5.36. The number of nitrogens with zero attached hydrogens (tertiary/aromatic N) is 1. The van der Waals surface area contributed by atoms with Gasteiger partial charge in [0, 0.05) is 18.8 Å². The average molecular weight is 425 g/mol. The van der Waals surface area contributed by atoms with Crippen LogP contribution in [0.1, 0.15) is 73.6 Å². The molecule has 5 rings (SSSR count). The van der Waals surface area contributed by atoms with Gasteiger partial charge < -0.3 is 5.32 Å². The molecule has 2 aromatic carbocycles. The summed E-state index contributed by atoms with van der Waals surface area (Å²) >= 11 is 0. The number of hydrogen-bond acceptors (Lipinski definition) is 3. The van der Waals surface area contributed by atoms with Gasteiger partial charge in [-0.25, -0.2) is 8.42 Å². The van der Waals surface area contributed by atoms with Crippen molar-refractivity contribution in [2.24, 2.45) is 5.92 Å². The maximum absolute atomic E-state index is 13.3. The van der Waals surface area contributed by atoms with Gasteiger partial charge in [-0.2, -0.15) is 4.31 Å². The molecule has 2 aliphatic heterocycles. The van der Waals surface area contributed by atoms with Crippen LogP contribution in [-0.2, 0) is 10.0 Å². The van der Waals surface area contributed by atoms with Gasteiger partial charge in [0.25, 0.3) is 0 Å². The Morgan fingerprint density at radius 3 is 2.40 bits per heavy atom. The highest BCUT2D eigenvalue weighted by Crippen LogP contribution is 2.51. The van der Waals surface area contributed by atoms with Gasteiger partial charge in [-0.1, -0.05) is 49.1 Å². The second kappa shape index (κ2) is 8.01. The molecule has 0 bridgehead atoms. The van der Waals surface area contributed by atoms with Gasteiger partial charge in [-0.15, -0.1) is 0 Å². The molecule has 1 N–H and O–H groups in total. The molecule has 30 heavy (non-hydrogen) atoms. The van der Waals surface area contributed by atoms with E-state index in [4.69, 9.17) is 0 Å². The highest BCUT2D eigenvalue weighted by molar-refractivity contribution is 7.89. The number of aryl methyl sites for hydroxylation is 1. The van der Waals surface area contributed by atoms with E-state index >= 15 is 0 Å². The second-order valence-electron chi connectivity index (χ2n) is 9.30. The summed E-state index contributed by atoms with van der Waals surface area (Å²) in [6, 6.07) is 15.0. The Morgan fingerprint density at radius 2 is 1.63 bits per heavy atom. The number of benzene rings is 2. The Bertz CT molecular complexity index is 1010. The van der Waals surface area contributed by atoms with Gasteiger partial charge in [0.2, 0.25) is 10.0 Å². The van der Waals surface area contributed by atoms with Crippen LogP contribution in [0.5, 0.6) is 0 Å². The van der Waals surface area contributed by atoms with E-state index in [1.807, 2.05) is 18.2 Å². The Morgan fingerprint density at radius 1 is 0.900 bits per heavy atom. The van der Waals surface area contributed by atoms with Crippen LogP contribution in [0.25, 0.3) is 0 Å². The van der Waals surface area contributed by atoms with E-state index in [1.54, 1.807) is 4.31 Å². The van der Waals surface area contributed by atoms with Crippen molar-refractivity contribution in [3.05, 3.63) is 59.2 Å². The van der Waals surface area contributed by atoms with E-state index in [-0.39, 0.29) is 0 Å². The number of piperidine rings is 1. The Labute approximate surface area is 180 Å². The summed E-state index contributed by atoms with van der Waals surface area (Å²) in [5.41, 5.74) is 4.94. The van der Waals surface area contributed by atoms with Crippen LogP contribution in [0.3, 0.4) is 0 Å². The van der Waals surface area contributed by atoms with Crippen molar-refractivity contribution in [3.63, 3.8) is 0 Å². The number of anilines is 1. The van der Waals surface area contributed by atoms with Gasteiger partial charge in [0.15, 0.2) is 0 Å². The highest BCUT2D eigenvalue weighted by Gasteiger charge is 2.39. The van der Waals surface area contributed by atoms with Gasteiger partial charge in [0.05, 0.1) is 10.9 Å². The van der Waals surface area contributed by atoms with Crippen LogP contribution >= 0.6 is 0 Å². The van der Waals surface area contributed by atoms with Crippen molar-refractivity contribution in [1.29, 1.82) is 0 Å². The lowest BCUT2D eigenvalue weighted by molar-refractivity contribution is 0.265. The van der Waals surface area contributed by atoms with Crippen molar-refractivity contribution in [3.8, 4) is 0 Å². The van der Waals surface area contributed by atoms with Crippen LogP contribution < -0.4 is 5.32 Å². The van der Waals surface area contributed by atoms with Crippen LogP contribution in [-0.4, -0.2) is 25.8 Å². The first kappa shape index (κ1) is 20.1. The minimum atomic E-state index is -3.40. The third kappa shape index (κ3) is 3.56. The number of sulfonamides is 1. The molecule has 1 saturated carbocycles. The van der Waals surface area contributed by atoms with Crippen LogP contribution in [0, 0.1) is 12.8 Å². The monoisotopic (exact) mass is 424 g/mol. The summed E-state index contributed by atoms with van der Waals surface area (Å²) in [5.74, 6) is 0.944. The van der Waals surface area contributed by atoms with Crippen molar-refractivity contribution in [2.75, 3.05) is 18.4 Å². The standard InChI is InChI=1S/C25H32N2O2S/c1-18-9-11-19(12-10-18)25-22-8-4-3-7-21(22)23-17-20(13-14-24(23)26-25)30(28,29)27-15-5-2-6-16-27/h9-14,17,21-22,25-26H,2-8,15-16H2,1H3. The zero-order valence-electron chi connectivity index (χ0n) is 17.8. The molecule has 2 fully saturated rings. The number of hydrogen-bond donors (Lipinski definition) is 1. The first-order valence-corrected chi connectivity index (χ1v) is 13.0. The normalized spacial score (nSPS) is 27.0. The molecule has 160 valence electrons. The molecule has 5 heteroatoms. The first-order valence-electron chi connectivity index (χ1n) is 11.5. The van der Waals surface area contributed by atoms with Crippen molar-refractivity contribution >= 4 is 15.7 Å². The van der Waals surface area contributed by atoms with E-state index in [0.717, 1.165) is 31.4 Å². The third-order valence-electron chi connectivity index (χ3n) is 7.37. The topological polar surface area (TPSA) is 49.4 Å². The fourth-order valence-electron chi connectivity index (χ4n) is 5.72. The molecule has 4 nitrogen and oxygen atoms in total. The van der Waals surface area contributed by atoms with Gasteiger partial charge >= 0.3 is 0 Å². The predicted octanol–water partition coefficient (Wildman–Crippen LogP) is 5.61. The van der Waals surface area contributed by atoms with Gasteiger partial charge in [0.1, 0.15) is 0 Å². The molecule has 3 aliphatic rings. The lowest BCUT2D eigenvalue weighted by Crippen LogP contribution is -2.36. The fraction of sp³-hybridized carbons (Fsp3) is 0.520. The molecule has 0 spiro atoms. The Balaban J connectivity index is 1.51. The van der Waals surface area contributed by atoms with Crippen LogP contribution in [0.15, 0.2) is 47.4 Å². The summed E-state index contributed by atoms with van der Waals surface area (Å²) in [6.45, 7) is 3.43. The zero-order chi connectivity index (χ0) is 20.7. The maximum Gasteiger partial charge on any atom is 0.243 e. The average Bonchev–Trinajstić information content (AvgIpc) is 2.79. The zero-order valence-corrected chi connectivity index (χ0v) is 18.6. The number of rotatable bonds is 3. The van der Waals surface area contributed by atoms with Crippen molar-refractivity contribution in [1.82, 2.24) is 4.31 Å². The smallest absolute Gasteiger partial charge is 0.243 e. The summed E-state index contributed by atoms with van der Waals surface area (Å²) < 4.78 is 28.2. The lowest BCUT2D eigenvalue weighted by atomic mass is 9.68. The molecular weight excluding hydrogens is 392 g/mol. The molecule has 2 aromatic rings. The highest BCUT2D eigenvalue weighted by atomic mass is 32.2. The van der Waals surface area contributed by atoms with E-state index in [0.29, 0.717) is 35.9 Å². The predicted molar refractivity (Wildman–Crippen MR) is 121 cm³/mol. The van der Waals surface area contributed by atoms with E-state index in [2.05, 4.69) is 36.5 Å². The third-order valence-corrected chi connectivity index (χ3v) is 9.26. The van der Waals surface area contributed by atoms with Crippen molar-refractivity contribution in [2.45, 2.75) is 68.7 Å². The van der Waals surface area contributed by atoms with E-state index in [1.165, 1.54) is 36.0 Å². The molecular formula is C25H32N2O2S. The largest absolute Gasteiger partial charge is 0.378 e. The quantitative estimate of drug-likeness (QED) is 0.697. The van der Waals surface area contributed by atoms with Crippen molar-refractivity contribution < 1.29 is 8.42 Å². The fourth-order valence-corrected chi connectivity index (χ4v) is 7.27. The molecule has 3 unspecified atom stereocenters. The minimum Gasteiger partial charge on any atom is -0.378 e. The molecule has 1 saturated heterocycles. The Hall–Kier alpha value is -1.85. The van der Waals surface area contributed by atoms with Gasteiger partial charge in [-0.05, 0) is 73.8 Å². The number of fused-ring (bicyclic) bond motifs is 3.